The smallest absolute Gasteiger partial charge is 0.228 e. The Labute approximate surface area is 107 Å². The fraction of sp³-hybridized carbons (Fsp3) is 0.417. The van der Waals surface area contributed by atoms with Crippen molar-refractivity contribution in [3.63, 3.8) is 0 Å². The molecule has 1 aromatic carbocycles. The number of anilines is 1. The van der Waals surface area contributed by atoms with Crippen molar-refractivity contribution in [3.8, 4) is 0 Å². The van der Waals surface area contributed by atoms with Crippen molar-refractivity contribution in [1.29, 1.82) is 0 Å². The molecule has 1 rings (SSSR count). The van der Waals surface area contributed by atoms with E-state index in [0.29, 0.717) is 18.7 Å². The van der Waals surface area contributed by atoms with E-state index >= 15 is 0 Å². The topological polar surface area (TPSA) is 89.3 Å². The first-order valence-corrected chi connectivity index (χ1v) is 7.58. The van der Waals surface area contributed by atoms with E-state index in [4.69, 9.17) is 5.73 Å². The summed E-state index contributed by atoms with van der Waals surface area (Å²) >= 11 is 0. The van der Waals surface area contributed by atoms with E-state index in [1.54, 1.807) is 12.1 Å². The molecule has 3 N–H and O–H groups in total. The highest BCUT2D eigenvalue weighted by Gasteiger charge is 2.14. The fourth-order valence-electron chi connectivity index (χ4n) is 1.49. The average Bonchev–Trinajstić information content (AvgIpc) is 2.30. The largest absolute Gasteiger partial charge is 0.330 e. The summed E-state index contributed by atoms with van der Waals surface area (Å²) in [5.74, 6) is -0.369. The van der Waals surface area contributed by atoms with Crippen LogP contribution in [0, 0.1) is 5.92 Å². The van der Waals surface area contributed by atoms with E-state index in [1.165, 1.54) is 12.1 Å². The lowest BCUT2D eigenvalue weighted by Crippen LogP contribution is -2.28. The number of benzene rings is 1. The Bertz CT molecular complexity index is 505. The van der Waals surface area contributed by atoms with Crippen LogP contribution >= 0.6 is 0 Å². The van der Waals surface area contributed by atoms with Gasteiger partial charge in [0.15, 0.2) is 9.84 Å². The maximum absolute atomic E-state index is 11.7. The molecule has 0 spiro atoms. The van der Waals surface area contributed by atoms with Crippen LogP contribution in [0.25, 0.3) is 0 Å². The number of nitrogens with one attached hydrogen (secondary N) is 1. The second kappa shape index (κ2) is 5.97. The Morgan fingerprint density at radius 2 is 1.89 bits per heavy atom. The maximum atomic E-state index is 11.7. The highest BCUT2D eigenvalue weighted by molar-refractivity contribution is 7.90. The van der Waals surface area contributed by atoms with Crippen molar-refractivity contribution in [3.05, 3.63) is 24.3 Å². The summed E-state index contributed by atoms with van der Waals surface area (Å²) in [7, 11) is -3.21. The predicted molar refractivity (Wildman–Crippen MR) is 71.0 cm³/mol. The Kier molecular flexibility index (Phi) is 4.86. The Balaban J connectivity index is 2.79. The Hall–Kier alpha value is -1.40. The van der Waals surface area contributed by atoms with Crippen molar-refractivity contribution in [2.45, 2.75) is 18.2 Å². The van der Waals surface area contributed by atoms with E-state index in [1.807, 2.05) is 6.92 Å². The van der Waals surface area contributed by atoms with E-state index < -0.39 is 9.84 Å². The molecule has 6 heteroatoms. The average molecular weight is 270 g/mol. The quantitative estimate of drug-likeness (QED) is 0.835. The molecule has 0 heterocycles. The molecular weight excluding hydrogens is 252 g/mol. The molecule has 5 nitrogen and oxygen atoms in total. The van der Waals surface area contributed by atoms with Crippen molar-refractivity contribution >= 4 is 21.4 Å². The molecule has 0 saturated carbocycles. The van der Waals surface area contributed by atoms with Crippen molar-refractivity contribution in [2.24, 2.45) is 11.7 Å². The highest BCUT2D eigenvalue weighted by Crippen LogP contribution is 2.15. The van der Waals surface area contributed by atoms with Crippen LogP contribution < -0.4 is 11.1 Å². The lowest BCUT2D eigenvalue weighted by atomic mass is 10.1. The molecule has 0 aliphatic carbocycles. The van der Waals surface area contributed by atoms with Gasteiger partial charge < -0.3 is 11.1 Å². The van der Waals surface area contributed by atoms with Gasteiger partial charge in [-0.2, -0.15) is 0 Å². The third-order valence-corrected chi connectivity index (χ3v) is 3.83. The summed E-state index contributed by atoms with van der Waals surface area (Å²) < 4.78 is 22.5. The van der Waals surface area contributed by atoms with Crippen molar-refractivity contribution < 1.29 is 13.2 Å². The SMILES string of the molecule is CCC(CN)C(=O)Nc1ccc(S(C)(=O)=O)cc1. The number of sulfone groups is 1. The molecule has 0 aliphatic heterocycles. The number of carbonyl (C=O) groups excluding carboxylic acids is 1. The minimum atomic E-state index is -3.21. The lowest BCUT2D eigenvalue weighted by Gasteiger charge is -2.12. The maximum Gasteiger partial charge on any atom is 0.228 e. The van der Waals surface area contributed by atoms with Gasteiger partial charge in [0.1, 0.15) is 0 Å². The number of amides is 1. The molecule has 0 aliphatic rings. The third-order valence-electron chi connectivity index (χ3n) is 2.70. The number of nitrogens with two attached hydrogens (primary N) is 1. The summed E-state index contributed by atoms with van der Waals surface area (Å²) in [6.07, 6.45) is 1.81. The zero-order valence-electron chi connectivity index (χ0n) is 10.5. The van der Waals surface area contributed by atoms with Gasteiger partial charge in [0.25, 0.3) is 0 Å². The van der Waals surface area contributed by atoms with Crippen molar-refractivity contribution in [2.75, 3.05) is 18.1 Å². The Morgan fingerprint density at radius 1 is 1.33 bits per heavy atom. The van der Waals surface area contributed by atoms with Gasteiger partial charge in [0.05, 0.1) is 10.8 Å². The van der Waals surface area contributed by atoms with Gasteiger partial charge in [-0.25, -0.2) is 8.42 Å². The summed E-state index contributed by atoms with van der Waals surface area (Å²) in [6.45, 7) is 2.19. The monoisotopic (exact) mass is 270 g/mol. The zero-order chi connectivity index (χ0) is 13.8. The van der Waals surface area contributed by atoms with Gasteiger partial charge in [0, 0.05) is 18.5 Å². The van der Waals surface area contributed by atoms with Crippen LogP contribution in [0.1, 0.15) is 13.3 Å². The molecule has 0 bridgehead atoms. The second-order valence-electron chi connectivity index (χ2n) is 4.13. The third kappa shape index (κ3) is 3.82. The van der Waals surface area contributed by atoms with E-state index in [2.05, 4.69) is 5.32 Å². The summed E-state index contributed by atoms with van der Waals surface area (Å²) in [4.78, 5) is 12.0. The molecule has 0 fully saturated rings. The van der Waals surface area contributed by atoms with E-state index in [9.17, 15) is 13.2 Å². The second-order valence-corrected chi connectivity index (χ2v) is 6.14. The number of carbonyl (C=O) groups is 1. The molecule has 0 saturated heterocycles. The molecule has 1 unspecified atom stereocenters. The van der Waals surface area contributed by atoms with Crippen LogP contribution in [0.3, 0.4) is 0 Å². The fourth-order valence-corrected chi connectivity index (χ4v) is 2.12. The molecule has 100 valence electrons. The first-order chi connectivity index (χ1) is 8.38. The van der Waals surface area contributed by atoms with Gasteiger partial charge in [-0.1, -0.05) is 6.92 Å². The van der Waals surface area contributed by atoms with E-state index in [-0.39, 0.29) is 16.7 Å². The van der Waals surface area contributed by atoms with Gasteiger partial charge >= 0.3 is 0 Å². The Morgan fingerprint density at radius 3 is 2.28 bits per heavy atom. The van der Waals surface area contributed by atoms with E-state index in [0.717, 1.165) is 6.26 Å². The van der Waals surface area contributed by atoms with Crippen LogP contribution in [0.2, 0.25) is 0 Å². The van der Waals surface area contributed by atoms with Gasteiger partial charge in [-0.15, -0.1) is 0 Å². The molecule has 1 amide bonds. The van der Waals surface area contributed by atoms with Gasteiger partial charge in [-0.05, 0) is 30.7 Å². The van der Waals surface area contributed by atoms with Crippen LogP contribution in [0.4, 0.5) is 5.69 Å². The minimum absolute atomic E-state index is 0.146. The highest BCUT2D eigenvalue weighted by atomic mass is 32.2. The molecule has 0 radical (unpaired) electrons. The normalized spacial score (nSPS) is 13.1. The molecule has 18 heavy (non-hydrogen) atoms. The predicted octanol–water partition coefficient (Wildman–Crippen LogP) is 1.01. The van der Waals surface area contributed by atoms with Crippen LogP contribution in [-0.4, -0.2) is 27.1 Å². The molecule has 1 atom stereocenters. The molecule has 1 aromatic rings. The zero-order valence-corrected chi connectivity index (χ0v) is 11.3. The lowest BCUT2D eigenvalue weighted by molar-refractivity contribution is -0.119. The first kappa shape index (κ1) is 14.7. The first-order valence-electron chi connectivity index (χ1n) is 5.69. The molecule has 0 aromatic heterocycles. The van der Waals surface area contributed by atoms with Crippen LogP contribution in [-0.2, 0) is 14.6 Å². The van der Waals surface area contributed by atoms with Crippen LogP contribution in [0.5, 0.6) is 0 Å². The summed E-state index contributed by atoms with van der Waals surface area (Å²) in [5.41, 5.74) is 6.05. The standard InChI is InChI=1S/C12H18N2O3S/c1-3-9(8-13)12(15)14-10-4-6-11(7-5-10)18(2,16)17/h4-7,9H,3,8,13H2,1-2H3,(H,14,15). The van der Waals surface area contributed by atoms with Gasteiger partial charge in [-0.3, -0.25) is 4.79 Å². The summed E-state index contributed by atoms with van der Waals surface area (Å²) in [6, 6.07) is 6.07. The molecular formula is C12H18N2O3S. The minimum Gasteiger partial charge on any atom is -0.330 e. The van der Waals surface area contributed by atoms with Gasteiger partial charge in [0.2, 0.25) is 5.91 Å². The number of hydrogen-bond acceptors (Lipinski definition) is 4. The van der Waals surface area contributed by atoms with Crippen molar-refractivity contribution in [1.82, 2.24) is 0 Å². The van der Waals surface area contributed by atoms with Crippen LogP contribution in [0.15, 0.2) is 29.2 Å². The number of hydrogen-bond donors (Lipinski definition) is 2. The number of rotatable bonds is 5. The summed E-state index contributed by atoms with van der Waals surface area (Å²) in [5, 5.41) is 2.71.